The lowest BCUT2D eigenvalue weighted by molar-refractivity contribution is 0.198. The smallest absolute Gasteiger partial charge is 0.191 e. The van der Waals surface area contributed by atoms with Gasteiger partial charge in [0.05, 0.1) is 18.8 Å². The van der Waals surface area contributed by atoms with Gasteiger partial charge in [-0.25, -0.2) is 9.38 Å². The predicted molar refractivity (Wildman–Crippen MR) is 92.5 cm³/mol. The van der Waals surface area contributed by atoms with Gasteiger partial charge in [0.15, 0.2) is 5.96 Å². The first-order chi connectivity index (χ1) is 11.7. The van der Waals surface area contributed by atoms with Crippen molar-refractivity contribution in [3.63, 3.8) is 0 Å². The summed E-state index contributed by atoms with van der Waals surface area (Å²) < 4.78 is 19.1. The van der Waals surface area contributed by atoms with Crippen molar-refractivity contribution in [3.05, 3.63) is 48.0 Å². The predicted octanol–water partition coefficient (Wildman–Crippen LogP) is 2.46. The molecule has 0 saturated carbocycles. The first-order valence-electron chi connectivity index (χ1n) is 8.14. The van der Waals surface area contributed by atoms with E-state index >= 15 is 0 Å². The van der Waals surface area contributed by atoms with E-state index in [0.717, 1.165) is 18.7 Å². The fourth-order valence-corrected chi connectivity index (χ4v) is 2.09. The molecule has 0 radical (unpaired) electrons. The highest BCUT2D eigenvalue weighted by Gasteiger charge is 2.10. The standard InChI is InChI=1S/C17H24FN5O/c1-3-15(24-16-7-5-6-13(18)10-16)12-21-17(19-4-2)20-11-14-8-9-22-23-14/h5-10,15H,3-4,11-12H2,1-2H3,(H,22,23)(H2,19,20,21). The summed E-state index contributed by atoms with van der Waals surface area (Å²) in [6.07, 6.45) is 2.41. The number of hydrogen-bond acceptors (Lipinski definition) is 3. The van der Waals surface area contributed by atoms with E-state index in [9.17, 15) is 4.39 Å². The zero-order valence-electron chi connectivity index (χ0n) is 14.1. The van der Waals surface area contributed by atoms with Crippen LogP contribution in [0.4, 0.5) is 4.39 Å². The van der Waals surface area contributed by atoms with Crippen LogP contribution in [0.3, 0.4) is 0 Å². The average molecular weight is 333 g/mol. The fraction of sp³-hybridized carbons (Fsp3) is 0.412. The van der Waals surface area contributed by atoms with Crippen molar-refractivity contribution in [2.75, 3.05) is 13.1 Å². The molecule has 24 heavy (non-hydrogen) atoms. The number of rotatable bonds is 8. The Hall–Kier alpha value is -2.57. The number of aromatic nitrogens is 2. The SMILES string of the molecule is CCNC(=NCc1ccn[nH]1)NCC(CC)Oc1cccc(F)c1. The van der Waals surface area contributed by atoms with E-state index in [1.54, 1.807) is 18.3 Å². The molecule has 7 heteroatoms. The van der Waals surface area contributed by atoms with Crippen molar-refractivity contribution in [2.45, 2.75) is 32.9 Å². The Labute approximate surface area is 141 Å². The van der Waals surface area contributed by atoms with Crippen molar-refractivity contribution in [1.82, 2.24) is 20.8 Å². The number of guanidine groups is 1. The number of halogens is 1. The first-order valence-corrected chi connectivity index (χ1v) is 8.14. The van der Waals surface area contributed by atoms with Crippen molar-refractivity contribution >= 4 is 5.96 Å². The van der Waals surface area contributed by atoms with Gasteiger partial charge in [0.1, 0.15) is 17.7 Å². The quantitative estimate of drug-likeness (QED) is 0.512. The molecule has 1 aromatic heterocycles. The third kappa shape index (κ3) is 5.91. The molecule has 1 aromatic carbocycles. The van der Waals surface area contributed by atoms with Gasteiger partial charge < -0.3 is 15.4 Å². The molecule has 6 nitrogen and oxygen atoms in total. The van der Waals surface area contributed by atoms with Crippen LogP contribution in [0.1, 0.15) is 26.0 Å². The van der Waals surface area contributed by atoms with Gasteiger partial charge in [0, 0.05) is 18.8 Å². The molecule has 130 valence electrons. The minimum absolute atomic E-state index is 0.0807. The molecule has 1 heterocycles. The third-order valence-electron chi connectivity index (χ3n) is 3.36. The monoisotopic (exact) mass is 333 g/mol. The fourth-order valence-electron chi connectivity index (χ4n) is 2.09. The van der Waals surface area contributed by atoms with Gasteiger partial charge >= 0.3 is 0 Å². The number of nitrogens with one attached hydrogen (secondary N) is 3. The molecule has 0 spiro atoms. The summed E-state index contributed by atoms with van der Waals surface area (Å²) in [6, 6.07) is 8.07. The van der Waals surface area contributed by atoms with Gasteiger partial charge in [-0.2, -0.15) is 5.10 Å². The minimum atomic E-state index is -0.301. The van der Waals surface area contributed by atoms with Crippen molar-refractivity contribution in [2.24, 2.45) is 4.99 Å². The van der Waals surface area contributed by atoms with E-state index in [1.165, 1.54) is 12.1 Å². The number of aromatic amines is 1. The normalized spacial score (nSPS) is 12.7. The first kappa shape index (κ1) is 17.8. The average Bonchev–Trinajstić information content (AvgIpc) is 3.09. The van der Waals surface area contributed by atoms with Crippen LogP contribution in [0.2, 0.25) is 0 Å². The second-order valence-electron chi connectivity index (χ2n) is 5.26. The van der Waals surface area contributed by atoms with Crippen LogP contribution in [0, 0.1) is 5.82 Å². The van der Waals surface area contributed by atoms with E-state index in [4.69, 9.17) is 4.74 Å². The van der Waals surface area contributed by atoms with E-state index in [0.29, 0.717) is 24.8 Å². The lowest BCUT2D eigenvalue weighted by atomic mass is 10.2. The molecule has 2 rings (SSSR count). The van der Waals surface area contributed by atoms with Gasteiger partial charge in [0.25, 0.3) is 0 Å². The zero-order chi connectivity index (χ0) is 17.2. The Morgan fingerprint density at radius 3 is 2.88 bits per heavy atom. The molecule has 1 atom stereocenters. The molecule has 0 fully saturated rings. The van der Waals surface area contributed by atoms with Gasteiger partial charge in [-0.15, -0.1) is 0 Å². The lowest BCUT2D eigenvalue weighted by Gasteiger charge is -2.20. The van der Waals surface area contributed by atoms with Crippen LogP contribution in [0.15, 0.2) is 41.5 Å². The number of aliphatic imine (C=N–C) groups is 1. The van der Waals surface area contributed by atoms with Crippen molar-refractivity contribution in [3.8, 4) is 5.75 Å². The van der Waals surface area contributed by atoms with E-state index < -0.39 is 0 Å². The maximum absolute atomic E-state index is 13.2. The molecule has 0 aliphatic heterocycles. The van der Waals surface area contributed by atoms with E-state index in [2.05, 4.69) is 25.8 Å². The second-order valence-corrected chi connectivity index (χ2v) is 5.26. The largest absolute Gasteiger partial charge is 0.489 e. The zero-order valence-corrected chi connectivity index (χ0v) is 14.1. The molecule has 0 saturated heterocycles. The molecule has 0 aliphatic rings. The molecule has 0 bridgehead atoms. The Morgan fingerprint density at radius 1 is 1.33 bits per heavy atom. The van der Waals surface area contributed by atoms with Crippen LogP contribution in [-0.2, 0) is 6.54 Å². The number of hydrogen-bond donors (Lipinski definition) is 3. The number of ether oxygens (including phenoxy) is 1. The van der Waals surface area contributed by atoms with Crippen LogP contribution in [0.25, 0.3) is 0 Å². The minimum Gasteiger partial charge on any atom is -0.489 e. The topological polar surface area (TPSA) is 74.3 Å². The van der Waals surface area contributed by atoms with Gasteiger partial charge in [-0.1, -0.05) is 13.0 Å². The molecule has 0 amide bonds. The van der Waals surface area contributed by atoms with Crippen LogP contribution in [-0.4, -0.2) is 35.4 Å². The maximum Gasteiger partial charge on any atom is 0.191 e. The summed E-state index contributed by atoms with van der Waals surface area (Å²) in [4.78, 5) is 4.49. The third-order valence-corrected chi connectivity index (χ3v) is 3.36. The number of nitrogens with zero attached hydrogens (tertiary/aromatic N) is 2. The molecular formula is C17H24FN5O. The Balaban J connectivity index is 1.89. The Morgan fingerprint density at radius 2 is 2.21 bits per heavy atom. The molecule has 3 N–H and O–H groups in total. The summed E-state index contributed by atoms with van der Waals surface area (Å²) in [6.45, 7) is 5.88. The molecule has 1 unspecified atom stereocenters. The van der Waals surface area contributed by atoms with E-state index in [-0.39, 0.29) is 11.9 Å². The second kappa shape index (κ2) is 9.54. The number of benzene rings is 1. The number of H-pyrrole nitrogens is 1. The maximum atomic E-state index is 13.2. The molecular weight excluding hydrogens is 309 g/mol. The summed E-state index contributed by atoms with van der Waals surface area (Å²) in [5, 5.41) is 13.2. The highest BCUT2D eigenvalue weighted by Crippen LogP contribution is 2.14. The van der Waals surface area contributed by atoms with Gasteiger partial charge in [-0.05, 0) is 31.5 Å². The van der Waals surface area contributed by atoms with Gasteiger partial charge in [0.2, 0.25) is 0 Å². The summed E-state index contributed by atoms with van der Waals surface area (Å²) in [5.74, 6) is 0.932. The van der Waals surface area contributed by atoms with Crippen molar-refractivity contribution < 1.29 is 9.13 Å². The molecule has 0 aliphatic carbocycles. The van der Waals surface area contributed by atoms with Crippen LogP contribution >= 0.6 is 0 Å². The summed E-state index contributed by atoms with van der Waals surface area (Å²) in [7, 11) is 0. The van der Waals surface area contributed by atoms with Gasteiger partial charge in [-0.3, -0.25) is 5.10 Å². The van der Waals surface area contributed by atoms with E-state index in [1.807, 2.05) is 19.9 Å². The molecule has 2 aromatic rings. The lowest BCUT2D eigenvalue weighted by Crippen LogP contribution is -2.42. The van der Waals surface area contributed by atoms with Crippen molar-refractivity contribution in [1.29, 1.82) is 0 Å². The summed E-state index contributed by atoms with van der Waals surface area (Å²) in [5.41, 5.74) is 0.940. The Kier molecular flexibility index (Phi) is 7.07. The Bertz CT molecular complexity index is 630. The van der Waals surface area contributed by atoms with Crippen LogP contribution in [0.5, 0.6) is 5.75 Å². The summed E-state index contributed by atoms with van der Waals surface area (Å²) >= 11 is 0. The highest BCUT2D eigenvalue weighted by atomic mass is 19.1. The highest BCUT2D eigenvalue weighted by molar-refractivity contribution is 5.79. The van der Waals surface area contributed by atoms with Crippen LogP contribution < -0.4 is 15.4 Å².